The number of hydrogen-bond acceptors (Lipinski definition) is 6. The average Bonchev–Trinajstić information content (AvgIpc) is 3.34. The molecule has 0 saturated heterocycles. The summed E-state index contributed by atoms with van der Waals surface area (Å²) in [6.07, 6.45) is 4.81. The lowest BCUT2D eigenvalue weighted by Crippen LogP contribution is -2.20. The van der Waals surface area contributed by atoms with Crippen LogP contribution >= 0.6 is 0 Å². The second kappa shape index (κ2) is 12.2. The number of esters is 1. The third-order valence-electron chi connectivity index (χ3n) is 5.45. The summed E-state index contributed by atoms with van der Waals surface area (Å²) in [6, 6.07) is 24.7. The molecule has 1 amide bonds. The number of ether oxygens (including phenoxy) is 3. The van der Waals surface area contributed by atoms with Crippen LogP contribution in [0.5, 0.6) is 11.5 Å². The summed E-state index contributed by atoms with van der Waals surface area (Å²) in [5.41, 5.74) is 3.98. The molecule has 0 aliphatic rings. The van der Waals surface area contributed by atoms with Gasteiger partial charge in [0.05, 0.1) is 32.1 Å². The van der Waals surface area contributed by atoms with Gasteiger partial charge in [-0.2, -0.15) is 5.10 Å². The molecule has 0 fully saturated rings. The first-order valence-electron chi connectivity index (χ1n) is 11.6. The molecule has 0 aliphatic heterocycles. The summed E-state index contributed by atoms with van der Waals surface area (Å²) in [5, 5.41) is 7.40. The molecule has 8 heteroatoms. The Morgan fingerprint density at radius 1 is 0.946 bits per heavy atom. The van der Waals surface area contributed by atoms with E-state index in [1.165, 1.54) is 20.3 Å². The van der Waals surface area contributed by atoms with Crippen molar-refractivity contribution >= 4 is 23.6 Å². The van der Waals surface area contributed by atoms with Gasteiger partial charge in [-0.15, -0.1) is 0 Å². The predicted octanol–water partition coefficient (Wildman–Crippen LogP) is 4.81. The molecule has 0 unspecified atom stereocenters. The molecule has 4 aromatic rings. The number of carbonyl (C=O) groups excluding carboxylic acids is 2. The van der Waals surface area contributed by atoms with Crippen molar-refractivity contribution in [2.45, 2.75) is 6.54 Å². The third-order valence-corrected chi connectivity index (χ3v) is 5.45. The van der Waals surface area contributed by atoms with Crippen molar-refractivity contribution in [3.05, 3.63) is 102 Å². The third kappa shape index (κ3) is 6.85. The molecule has 8 nitrogen and oxygen atoms in total. The summed E-state index contributed by atoms with van der Waals surface area (Å²) in [5.74, 6) is -0.120. The standard InChI is InChI=1S/C29H27N3O5/c1-35-24-14-15-25(26(17-24)36-2)30-27(33)20-37-28(34)16-13-23-19-32(18-21-9-5-3-6-10-21)31-29(23)22-11-7-4-8-12-22/h3-17,19H,18,20H2,1-2H3,(H,30,33)/b16-13+. The minimum absolute atomic E-state index is 0.430. The molecule has 0 bridgehead atoms. The molecule has 37 heavy (non-hydrogen) atoms. The zero-order chi connectivity index (χ0) is 26.0. The molecule has 188 valence electrons. The fourth-order valence-corrected chi connectivity index (χ4v) is 3.66. The molecule has 4 rings (SSSR count). The van der Waals surface area contributed by atoms with Crippen molar-refractivity contribution in [2.75, 3.05) is 26.1 Å². The van der Waals surface area contributed by atoms with Crippen molar-refractivity contribution < 1.29 is 23.8 Å². The highest BCUT2D eigenvalue weighted by Gasteiger charge is 2.12. The number of amides is 1. The van der Waals surface area contributed by atoms with Crippen LogP contribution in [0.1, 0.15) is 11.1 Å². The van der Waals surface area contributed by atoms with Gasteiger partial charge in [0.15, 0.2) is 6.61 Å². The zero-order valence-corrected chi connectivity index (χ0v) is 20.6. The van der Waals surface area contributed by atoms with Gasteiger partial charge in [-0.25, -0.2) is 4.79 Å². The fraction of sp³-hybridized carbons (Fsp3) is 0.138. The molecule has 0 atom stereocenters. The van der Waals surface area contributed by atoms with E-state index >= 15 is 0 Å². The maximum absolute atomic E-state index is 12.4. The molecular formula is C29H27N3O5. The smallest absolute Gasteiger partial charge is 0.331 e. The molecule has 1 heterocycles. The monoisotopic (exact) mass is 497 g/mol. The van der Waals surface area contributed by atoms with Gasteiger partial charge in [-0.05, 0) is 23.8 Å². The van der Waals surface area contributed by atoms with Crippen LogP contribution in [0.3, 0.4) is 0 Å². The normalized spacial score (nSPS) is 10.8. The van der Waals surface area contributed by atoms with E-state index in [-0.39, 0.29) is 0 Å². The Morgan fingerprint density at radius 3 is 2.38 bits per heavy atom. The lowest BCUT2D eigenvalue weighted by Gasteiger charge is -2.11. The first-order valence-corrected chi connectivity index (χ1v) is 11.6. The lowest BCUT2D eigenvalue weighted by molar-refractivity contribution is -0.142. The van der Waals surface area contributed by atoms with Gasteiger partial charge in [-0.1, -0.05) is 60.7 Å². The van der Waals surface area contributed by atoms with Gasteiger partial charge < -0.3 is 19.5 Å². The highest BCUT2D eigenvalue weighted by molar-refractivity contribution is 5.96. The zero-order valence-electron chi connectivity index (χ0n) is 20.6. The number of aromatic nitrogens is 2. The fourth-order valence-electron chi connectivity index (χ4n) is 3.66. The van der Waals surface area contributed by atoms with Crippen molar-refractivity contribution in [3.63, 3.8) is 0 Å². The van der Waals surface area contributed by atoms with E-state index in [4.69, 9.17) is 19.3 Å². The number of rotatable bonds is 10. The van der Waals surface area contributed by atoms with Crippen LogP contribution < -0.4 is 14.8 Å². The van der Waals surface area contributed by atoms with Crippen LogP contribution in [0.2, 0.25) is 0 Å². The molecular weight excluding hydrogens is 470 g/mol. The second-order valence-corrected chi connectivity index (χ2v) is 8.04. The molecule has 1 N–H and O–H groups in total. The van der Waals surface area contributed by atoms with E-state index in [0.29, 0.717) is 23.7 Å². The number of nitrogens with zero attached hydrogens (tertiary/aromatic N) is 2. The molecule has 3 aromatic carbocycles. The highest BCUT2D eigenvalue weighted by Crippen LogP contribution is 2.29. The highest BCUT2D eigenvalue weighted by atomic mass is 16.5. The quantitative estimate of drug-likeness (QED) is 0.250. The summed E-state index contributed by atoms with van der Waals surface area (Å²) < 4.78 is 17.4. The Morgan fingerprint density at radius 2 is 1.68 bits per heavy atom. The van der Waals surface area contributed by atoms with Crippen LogP contribution in [0.25, 0.3) is 17.3 Å². The van der Waals surface area contributed by atoms with E-state index in [1.54, 1.807) is 24.3 Å². The topological polar surface area (TPSA) is 91.7 Å². The Hall–Kier alpha value is -4.85. The van der Waals surface area contributed by atoms with E-state index in [9.17, 15) is 9.59 Å². The number of nitrogens with one attached hydrogen (secondary N) is 1. The number of anilines is 1. The first-order chi connectivity index (χ1) is 18.1. The van der Waals surface area contributed by atoms with Crippen molar-refractivity contribution in [3.8, 4) is 22.8 Å². The first kappa shape index (κ1) is 25.2. The van der Waals surface area contributed by atoms with Crippen molar-refractivity contribution in [1.29, 1.82) is 0 Å². The Kier molecular flexibility index (Phi) is 8.33. The maximum atomic E-state index is 12.4. The average molecular weight is 498 g/mol. The molecule has 0 spiro atoms. The number of carbonyl (C=O) groups is 2. The van der Waals surface area contributed by atoms with Gasteiger partial charge in [0, 0.05) is 29.5 Å². The van der Waals surface area contributed by atoms with Crippen LogP contribution in [-0.4, -0.2) is 42.5 Å². The Balaban J connectivity index is 1.42. The molecule has 0 radical (unpaired) electrons. The van der Waals surface area contributed by atoms with Gasteiger partial charge in [0.2, 0.25) is 0 Å². The van der Waals surface area contributed by atoms with Gasteiger partial charge in [0.25, 0.3) is 5.91 Å². The summed E-state index contributed by atoms with van der Waals surface area (Å²) in [7, 11) is 3.03. The number of methoxy groups -OCH3 is 2. The number of benzene rings is 3. The van der Waals surface area contributed by atoms with E-state index in [2.05, 4.69) is 5.32 Å². The summed E-state index contributed by atoms with van der Waals surface area (Å²) >= 11 is 0. The molecule has 0 saturated carbocycles. The van der Waals surface area contributed by atoms with E-state index < -0.39 is 18.5 Å². The SMILES string of the molecule is COc1ccc(NC(=O)COC(=O)/C=C/c2cn(Cc3ccccc3)nc2-c2ccccc2)c(OC)c1. The van der Waals surface area contributed by atoms with Crippen molar-refractivity contribution in [2.24, 2.45) is 0 Å². The minimum Gasteiger partial charge on any atom is -0.497 e. The predicted molar refractivity (Wildman–Crippen MR) is 141 cm³/mol. The van der Waals surface area contributed by atoms with Crippen LogP contribution in [0, 0.1) is 0 Å². The van der Waals surface area contributed by atoms with Crippen LogP contribution in [-0.2, 0) is 20.9 Å². The second-order valence-electron chi connectivity index (χ2n) is 8.04. The minimum atomic E-state index is -0.647. The maximum Gasteiger partial charge on any atom is 0.331 e. The number of hydrogen-bond donors (Lipinski definition) is 1. The lowest BCUT2D eigenvalue weighted by atomic mass is 10.1. The Bertz CT molecular complexity index is 1380. The van der Waals surface area contributed by atoms with E-state index in [0.717, 1.165) is 22.4 Å². The molecule has 0 aliphatic carbocycles. The van der Waals surface area contributed by atoms with Crippen LogP contribution in [0.4, 0.5) is 5.69 Å². The van der Waals surface area contributed by atoms with Crippen LogP contribution in [0.15, 0.2) is 91.1 Å². The summed E-state index contributed by atoms with van der Waals surface area (Å²) in [4.78, 5) is 24.7. The van der Waals surface area contributed by atoms with Gasteiger partial charge in [0.1, 0.15) is 11.5 Å². The summed E-state index contributed by atoms with van der Waals surface area (Å²) in [6.45, 7) is 0.144. The largest absolute Gasteiger partial charge is 0.497 e. The Labute approximate surface area is 215 Å². The van der Waals surface area contributed by atoms with Gasteiger partial charge >= 0.3 is 5.97 Å². The van der Waals surface area contributed by atoms with Crippen molar-refractivity contribution in [1.82, 2.24) is 9.78 Å². The van der Waals surface area contributed by atoms with Gasteiger partial charge in [-0.3, -0.25) is 9.48 Å². The van der Waals surface area contributed by atoms with E-state index in [1.807, 2.05) is 71.5 Å². The molecule has 1 aromatic heterocycles.